The van der Waals surface area contributed by atoms with E-state index in [-0.39, 0.29) is 0 Å². The van der Waals surface area contributed by atoms with E-state index < -0.39 is 10.8 Å². The molecule has 0 amide bonds. The molecule has 1 unspecified atom stereocenters. The molecule has 0 radical (unpaired) electrons. The predicted octanol–water partition coefficient (Wildman–Crippen LogP) is 3.16. The van der Waals surface area contributed by atoms with E-state index in [1.165, 1.54) is 11.3 Å². The van der Waals surface area contributed by atoms with Crippen LogP contribution in [0, 0.1) is 0 Å². The molecule has 0 aliphatic rings. The van der Waals surface area contributed by atoms with E-state index in [4.69, 9.17) is 0 Å². The van der Waals surface area contributed by atoms with Gasteiger partial charge in [-0.1, -0.05) is 47.7 Å². The van der Waals surface area contributed by atoms with Crippen LogP contribution in [-0.2, 0) is 16.6 Å². The van der Waals surface area contributed by atoms with E-state index >= 15 is 0 Å². The molecule has 4 rings (SSSR count). The number of fused-ring (bicyclic) bond motifs is 1. The predicted molar refractivity (Wildman–Crippen MR) is 90.6 cm³/mol. The summed E-state index contributed by atoms with van der Waals surface area (Å²) in [5.74, 6) is 0.364. The normalized spacial score (nSPS) is 12.5. The fourth-order valence-corrected chi connectivity index (χ4v) is 4.33. The summed E-state index contributed by atoms with van der Waals surface area (Å²) in [4.78, 5) is 9.51. The molecular weight excluding hydrogens is 328 g/mol. The minimum Gasteiger partial charge on any atom is -0.260 e. The zero-order chi connectivity index (χ0) is 15.6. The zero-order valence-electron chi connectivity index (χ0n) is 12.0. The van der Waals surface area contributed by atoms with Crippen LogP contribution >= 0.6 is 11.3 Å². The molecule has 0 bridgehead atoms. The van der Waals surface area contributed by atoms with E-state index in [2.05, 4.69) is 15.1 Å². The lowest BCUT2D eigenvalue weighted by Crippen LogP contribution is -1.98. The van der Waals surface area contributed by atoms with Crippen LogP contribution in [0.1, 0.15) is 5.69 Å². The summed E-state index contributed by atoms with van der Waals surface area (Å²) in [7, 11) is -1.21. The second-order valence-electron chi connectivity index (χ2n) is 4.90. The van der Waals surface area contributed by atoms with Crippen molar-refractivity contribution in [3.63, 3.8) is 0 Å². The van der Waals surface area contributed by atoms with E-state index in [1.807, 2.05) is 54.7 Å². The summed E-state index contributed by atoms with van der Waals surface area (Å²) in [5, 5.41) is 4.40. The number of pyridine rings is 1. The summed E-state index contributed by atoms with van der Waals surface area (Å²) < 4.78 is 14.7. The summed E-state index contributed by atoms with van der Waals surface area (Å²) in [6.45, 7) is 0. The highest BCUT2D eigenvalue weighted by molar-refractivity contribution is 7.86. The van der Waals surface area contributed by atoms with Crippen molar-refractivity contribution in [1.29, 1.82) is 0 Å². The number of nitrogens with zero attached hydrogens (tertiary/aromatic N) is 4. The van der Waals surface area contributed by atoms with Crippen LogP contribution in [0.15, 0.2) is 65.3 Å². The molecule has 0 spiro atoms. The summed E-state index contributed by atoms with van der Waals surface area (Å²) in [6, 6.07) is 15.5. The average Bonchev–Trinajstić information content (AvgIpc) is 3.15. The SMILES string of the molecule is O=S(Cc1ccccn1)c1nn2cc(-c3ccccc3)nc2s1. The molecule has 4 aromatic rings. The molecular formula is C16H12N4OS2. The number of benzene rings is 1. The van der Waals surface area contributed by atoms with Crippen molar-refractivity contribution in [3.05, 3.63) is 66.6 Å². The van der Waals surface area contributed by atoms with Crippen molar-refractivity contribution >= 4 is 27.1 Å². The molecule has 7 heteroatoms. The zero-order valence-corrected chi connectivity index (χ0v) is 13.6. The maximum atomic E-state index is 12.4. The summed E-state index contributed by atoms with van der Waals surface area (Å²) in [5.41, 5.74) is 2.71. The Morgan fingerprint density at radius 1 is 1.09 bits per heavy atom. The van der Waals surface area contributed by atoms with Gasteiger partial charge in [-0.2, -0.15) is 0 Å². The van der Waals surface area contributed by atoms with Crippen molar-refractivity contribution in [2.24, 2.45) is 0 Å². The first-order valence-corrected chi connectivity index (χ1v) is 9.13. The van der Waals surface area contributed by atoms with Crippen molar-refractivity contribution in [1.82, 2.24) is 19.6 Å². The Balaban J connectivity index is 1.60. The van der Waals surface area contributed by atoms with Gasteiger partial charge in [0.2, 0.25) is 9.30 Å². The third-order valence-corrected chi connectivity index (χ3v) is 5.85. The fourth-order valence-electron chi connectivity index (χ4n) is 2.20. The quantitative estimate of drug-likeness (QED) is 0.572. The lowest BCUT2D eigenvalue weighted by molar-refractivity contribution is 0.679. The van der Waals surface area contributed by atoms with Gasteiger partial charge in [0.25, 0.3) is 0 Å². The van der Waals surface area contributed by atoms with E-state index in [9.17, 15) is 4.21 Å². The van der Waals surface area contributed by atoms with Gasteiger partial charge < -0.3 is 0 Å². The maximum absolute atomic E-state index is 12.4. The van der Waals surface area contributed by atoms with E-state index in [1.54, 1.807) is 10.7 Å². The molecule has 5 nitrogen and oxygen atoms in total. The first-order valence-electron chi connectivity index (χ1n) is 6.99. The van der Waals surface area contributed by atoms with Gasteiger partial charge in [-0.25, -0.2) is 9.50 Å². The largest absolute Gasteiger partial charge is 0.260 e. The smallest absolute Gasteiger partial charge is 0.213 e. The van der Waals surface area contributed by atoms with E-state index in [0.29, 0.717) is 10.1 Å². The Morgan fingerprint density at radius 3 is 2.65 bits per heavy atom. The minimum absolute atomic E-state index is 0.364. The number of rotatable bonds is 4. The fraction of sp³-hybridized carbons (Fsp3) is 0.0625. The molecule has 0 N–H and O–H groups in total. The highest BCUT2D eigenvalue weighted by atomic mass is 32.2. The Morgan fingerprint density at radius 2 is 1.91 bits per heavy atom. The van der Waals surface area contributed by atoms with Gasteiger partial charge in [-0.05, 0) is 12.1 Å². The van der Waals surface area contributed by atoms with Gasteiger partial charge >= 0.3 is 0 Å². The molecule has 0 aliphatic heterocycles. The second-order valence-corrected chi connectivity index (χ2v) is 7.48. The van der Waals surface area contributed by atoms with Gasteiger partial charge in [0.15, 0.2) is 0 Å². The number of aromatic nitrogens is 4. The Kier molecular flexibility index (Phi) is 3.72. The van der Waals surface area contributed by atoms with Gasteiger partial charge in [0.1, 0.15) is 0 Å². The van der Waals surface area contributed by atoms with E-state index in [0.717, 1.165) is 21.9 Å². The molecule has 114 valence electrons. The molecule has 0 saturated heterocycles. The van der Waals surface area contributed by atoms with Gasteiger partial charge in [-0.3, -0.25) is 9.19 Å². The Labute approximate surface area is 139 Å². The van der Waals surface area contributed by atoms with Crippen LogP contribution in [0.2, 0.25) is 0 Å². The minimum atomic E-state index is -1.21. The highest BCUT2D eigenvalue weighted by Crippen LogP contribution is 2.24. The van der Waals surface area contributed by atoms with Crippen LogP contribution in [-0.4, -0.2) is 23.8 Å². The number of hydrogen-bond donors (Lipinski definition) is 0. The topological polar surface area (TPSA) is 60.2 Å². The third-order valence-electron chi connectivity index (χ3n) is 3.29. The molecule has 0 saturated carbocycles. The molecule has 23 heavy (non-hydrogen) atoms. The van der Waals surface area contributed by atoms with Gasteiger partial charge in [0.05, 0.1) is 34.1 Å². The van der Waals surface area contributed by atoms with Crippen molar-refractivity contribution in [2.75, 3.05) is 0 Å². The highest BCUT2D eigenvalue weighted by Gasteiger charge is 2.15. The summed E-state index contributed by atoms with van der Waals surface area (Å²) in [6.07, 6.45) is 3.57. The van der Waals surface area contributed by atoms with Crippen LogP contribution in [0.4, 0.5) is 0 Å². The lowest BCUT2D eigenvalue weighted by atomic mass is 10.2. The van der Waals surface area contributed by atoms with Crippen molar-refractivity contribution in [2.45, 2.75) is 10.1 Å². The van der Waals surface area contributed by atoms with Gasteiger partial charge in [0, 0.05) is 11.8 Å². The van der Waals surface area contributed by atoms with Crippen molar-refractivity contribution < 1.29 is 4.21 Å². The second kappa shape index (κ2) is 6.02. The number of hydrogen-bond acceptors (Lipinski definition) is 5. The number of imidazole rings is 1. The Bertz CT molecular complexity index is 932. The summed E-state index contributed by atoms with van der Waals surface area (Å²) >= 11 is 1.35. The first kappa shape index (κ1) is 14.2. The van der Waals surface area contributed by atoms with Crippen LogP contribution < -0.4 is 0 Å². The van der Waals surface area contributed by atoms with Crippen LogP contribution in [0.5, 0.6) is 0 Å². The average molecular weight is 340 g/mol. The third kappa shape index (κ3) is 2.93. The monoisotopic (exact) mass is 340 g/mol. The lowest BCUT2D eigenvalue weighted by Gasteiger charge is -1.97. The van der Waals surface area contributed by atoms with Gasteiger partial charge in [-0.15, -0.1) is 5.10 Å². The van der Waals surface area contributed by atoms with Crippen LogP contribution in [0.25, 0.3) is 16.2 Å². The molecule has 0 fully saturated rings. The Hall–Kier alpha value is -2.38. The standard InChI is InChI=1S/C16H12N4OS2/c21-23(11-13-8-4-5-9-17-13)16-19-20-10-14(18-15(20)22-16)12-6-2-1-3-7-12/h1-10H,11H2. The van der Waals surface area contributed by atoms with Crippen LogP contribution in [0.3, 0.4) is 0 Å². The molecule has 0 aliphatic carbocycles. The molecule has 1 aromatic carbocycles. The maximum Gasteiger partial charge on any atom is 0.213 e. The molecule has 1 atom stereocenters. The first-order chi connectivity index (χ1) is 11.3. The molecule has 3 aromatic heterocycles. The molecule has 3 heterocycles. The van der Waals surface area contributed by atoms with Crippen molar-refractivity contribution in [3.8, 4) is 11.3 Å².